The Hall–Kier alpha value is -2.83. The summed E-state index contributed by atoms with van der Waals surface area (Å²) in [7, 11) is 0. The number of carbonyl (C=O) groups excluding carboxylic acids is 4. The summed E-state index contributed by atoms with van der Waals surface area (Å²) in [6.07, 6.45) is 40.9. The molecule has 0 aliphatic carbocycles. The van der Waals surface area contributed by atoms with Gasteiger partial charge in [-0.3, -0.25) is 19.2 Å². The highest BCUT2D eigenvalue weighted by atomic mass is 32.2. The molecule has 0 radical (unpaired) electrons. The minimum Gasteiger partial charge on any atom is -0.462 e. The van der Waals surface area contributed by atoms with Crippen LogP contribution >= 0.6 is 11.8 Å². The number of aliphatic hydroxyl groups excluding tert-OH is 5. The van der Waals surface area contributed by atoms with Crippen LogP contribution in [0.5, 0.6) is 0 Å². The lowest BCUT2D eigenvalue weighted by molar-refractivity contribution is -0.157. The highest BCUT2D eigenvalue weighted by molar-refractivity contribution is 7.99. The number of hydrogen-bond acceptors (Lipinski definition) is 14. The summed E-state index contributed by atoms with van der Waals surface area (Å²) in [5.74, 6) is -1.25. The quantitative estimate of drug-likeness (QED) is 0.0237. The van der Waals surface area contributed by atoms with Gasteiger partial charge in [-0.2, -0.15) is 11.8 Å². The molecule has 0 aromatic carbocycles. The molecule has 0 spiro atoms. The second-order valence-corrected chi connectivity index (χ2v) is 23.6. The molecule has 1 aromatic rings. The predicted molar refractivity (Wildman–Crippen MR) is 321 cm³/mol. The van der Waals surface area contributed by atoms with Gasteiger partial charge in [0.2, 0.25) is 11.8 Å². The van der Waals surface area contributed by atoms with Gasteiger partial charge in [-0.05, 0) is 19.3 Å². The van der Waals surface area contributed by atoms with Crippen LogP contribution in [-0.4, -0.2) is 126 Å². The molecule has 16 nitrogen and oxygen atoms in total. The monoisotopic (exact) mass is 1140 g/mol. The van der Waals surface area contributed by atoms with E-state index in [9.17, 15) is 39.6 Å². The van der Waals surface area contributed by atoms with Crippen molar-refractivity contribution in [2.24, 2.45) is 0 Å². The fourth-order valence-electron chi connectivity index (χ4n) is 9.78. The molecule has 17 heteroatoms. The molecule has 0 bridgehead atoms. The van der Waals surface area contributed by atoms with Gasteiger partial charge in [0.15, 0.2) is 5.82 Å². The molecule has 0 unspecified atom stereocenters. The minimum atomic E-state index is -1.82. The number of carbonyl (C=O) groups is 4. The number of esters is 2. The van der Waals surface area contributed by atoms with Crippen molar-refractivity contribution < 1.29 is 54.2 Å². The van der Waals surface area contributed by atoms with Crippen molar-refractivity contribution in [1.29, 1.82) is 0 Å². The standard InChI is InChI=1S/C62H117N5O11S/c1-4-7-10-13-16-19-22-25-28-31-34-37-40-43-57(71)63-53(62(76)64-56-47-67(66-65-56)46-54(69)60(74)61(75)55(70)48-68)51-79-50-52(78-59(73)45-42-39-36-33-30-27-24-21-18-15-12-9-6-3)49-77-58(72)44-41-38-35-32-29-26-23-20-17-14-11-8-5-2/h47,52-55,60-61,68-70,74-75H,4-46,48-51H2,1-3H3,(H,63,71)(H,64,76)/t52-,53-,54+,55-,60+,61-/m1/s1. The molecule has 0 aliphatic heterocycles. The molecular formula is C62H117N5O11S. The average Bonchev–Trinajstić information content (AvgIpc) is 3.89. The normalized spacial score (nSPS) is 13.9. The Labute approximate surface area is 483 Å². The Bertz CT molecular complexity index is 1590. The SMILES string of the molecule is CCCCCCCCCCCCCCCC(=O)N[C@H](CSC[C@@H](COC(=O)CCCCCCCCCCCCCCC)OC(=O)CCCCCCCCCCCCCCC)C(=O)Nc1cn(C[C@H](O)[C@H](O)[C@H](O)[C@H](O)CO)nn1. The van der Waals surface area contributed by atoms with E-state index in [1.165, 1.54) is 198 Å². The van der Waals surface area contributed by atoms with Gasteiger partial charge in [-0.15, -0.1) is 5.10 Å². The summed E-state index contributed by atoms with van der Waals surface area (Å²) >= 11 is 1.29. The van der Waals surface area contributed by atoms with Crippen molar-refractivity contribution in [2.75, 3.05) is 30.0 Å². The number of anilines is 1. The van der Waals surface area contributed by atoms with Crippen LogP contribution in [0.15, 0.2) is 6.20 Å². The first-order valence-corrected chi connectivity index (χ1v) is 33.4. The molecule has 462 valence electrons. The number of aromatic nitrogens is 3. The van der Waals surface area contributed by atoms with E-state index in [1.54, 1.807) is 0 Å². The molecule has 0 saturated carbocycles. The van der Waals surface area contributed by atoms with E-state index in [0.717, 1.165) is 62.5 Å². The highest BCUT2D eigenvalue weighted by Crippen LogP contribution is 2.19. The van der Waals surface area contributed by atoms with Crippen LogP contribution in [-0.2, 0) is 35.2 Å². The van der Waals surface area contributed by atoms with Gasteiger partial charge >= 0.3 is 11.9 Å². The van der Waals surface area contributed by atoms with Crippen LogP contribution in [0.4, 0.5) is 5.82 Å². The number of ether oxygens (including phenoxy) is 2. The van der Waals surface area contributed by atoms with E-state index >= 15 is 0 Å². The van der Waals surface area contributed by atoms with E-state index in [4.69, 9.17) is 14.6 Å². The molecule has 79 heavy (non-hydrogen) atoms. The number of amides is 2. The maximum atomic E-state index is 13.9. The Kier molecular flexibility index (Phi) is 50.0. The number of hydrogen-bond donors (Lipinski definition) is 7. The van der Waals surface area contributed by atoms with Gasteiger partial charge < -0.3 is 45.6 Å². The third kappa shape index (κ3) is 43.5. The minimum absolute atomic E-state index is 0.00115. The van der Waals surface area contributed by atoms with Gasteiger partial charge in [0.1, 0.15) is 43.2 Å². The average molecular weight is 1140 g/mol. The number of aliphatic hydroxyl groups is 5. The van der Waals surface area contributed by atoms with Crippen molar-refractivity contribution >= 4 is 41.3 Å². The van der Waals surface area contributed by atoms with Crippen molar-refractivity contribution in [3.05, 3.63) is 6.20 Å². The summed E-state index contributed by atoms with van der Waals surface area (Å²) in [6, 6.07) is -1.03. The Morgan fingerprint density at radius 2 is 0.899 bits per heavy atom. The molecule has 0 saturated heterocycles. The van der Waals surface area contributed by atoms with Gasteiger partial charge in [0.05, 0.1) is 19.3 Å². The topological polar surface area (TPSA) is 243 Å². The second kappa shape index (κ2) is 53.2. The highest BCUT2D eigenvalue weighted by Gasteiger charge is 2.31. The van der Waals surface area contributed by atoms with E-state index < -0.39 is 49.1 Å². The first-order chi connectivity index (χ1) is 38.4. The molecule has 0 aliphatic rings. The summed E-state index contributed by atoms with van der Waals surface area (Å²) in [5, 5.41) is 63.1. The smallest absolute Gasteiger partial charge is 0.306 e. The third-order valence-corrected chi connectivity index (χ3v) is 16.1. The molecule has 1 aromatic heterocycles. The molecule has 1 heterocycles. The lowest BCUT2D eigenvalue weighted by atomic mass is 10.0. The number of nitrogens with one attached hydrogen (secondary N) is 2. The summed E-state index contributed by atoms with van der Waals surface area (Å²) in [4.78, 5) is 53.5. The lowest BCUT2D eigenvalue weighted by Gasteiger charge is -2.25. The first-order valence-electron chi connectivity index (χ1n) is 32.2. The number of rotatable bonds is 58. The van der Waals surface area contributed by atoms with Crippen molar-refractivity contribution in [2.45, 2.75) is 334 Å². The zero-order valence-electron chi connectivity index (χ0n) is 50.2. The Morgan fingerprint density at radius 3 is 1.32 bits per heavy atom. The number of nitrogens with zero attached hydrogens (tertiary/aromatic N) is 3. The van der Waals surface area contributed by atoms with Crippen LogP contribution < -0.4 is 10.6 Å². The zero-order chi connectivity index (χ0) is 57.8. The van der Waals surface area contributed by atoms with Gasteiger partial charge in [0, 0.05) is 30.8 Å². The summed E-state index contributed by atoms with van der Waals surface area (Å²) in [5.41, 5.74) is 0. The van der Waals surface area contributed by atoms with E-state index in [1.807, 2.05) is 0 Å². The second-order valence-electron chi connectivity index (χ2n) is 22.5. The van der Waals surface area contributed by atoms with Gasteiger partial charge in [0.25, 0.3) is 0 Å². The van der Waals surface area contributed by atoms with Crippen LogP contribution in [0.25, 0.3) is 0 Å². The van der Waals surface area contributed by atoms with E-state index in [0.29, 0.717) is 12.8 Å². The van der Waals surface area contributed by atoms with E-state index in [2.05, 4.69) is 41.7 Å². The summed E-state index contributed by atoms with van der Waals surface area (Å²) < 4.78 is 12.8. The van der Waals surface area contributed by atoms with Crippen molar-refractivity contribution in [3.63, 3.8) is 0 Å². The van der Waals surface area contributed by atoms with Gasteiger partial charge in [-0.1, -0.05) is 257 Å². The fraction of sp³-hybridized carbons (Fsp3) is 0.903. The number of unbranched alkanes of at least 4 members (excludes halogenated alkanes) is 36. The number of thioether (sulfide) groups is 1. The van der Waals surface area contributed by atoms with Crippen LogP contribution in [0, 0.1) is 0 Å². The molecule has 2 amide bonds. The third-order valence-electron chi connectivity index (χ3n) is 14.9. The maximum Gasteiger partial charge on any atom is 0.306 e. The largest absolute Gasteiger partial charge is 0.462 e. The maximum absolute atomic E-state index is 13.9. The zero-order valence-corrected chi connectivity index (χ0v) is 51.0. The molecule has 6 atom stereocenters. The fourth-order valence-corrected chi connectivity index (χ4v) is 10.8. The summed E-state index contributed by atoms with van der Waals surface area (Å²) in [6.45, 7) is 5.43. The predicted octanol–water partition coefficient (Wildman–Crippen LogP) is 12.8. The Morgan fingerprint density at radius 1 is 0.519 bits per heavy atom. The molecule has 0 fully saturated rings. The van der Waals surface area contributed by atoms with Gasteiger partial charge in [-0.25, -0.2) is 4.68 Å². The van der Waals surface area contributed by atoms with Crippen molar-refractivity contribution in [1.82, 2.24) is 20.3 Å². The Balaban J connectivity index is 2.89. The van der Waals surface area contributed by atoms with Crippen molar-refractivity contribution in [3.8, 4) is 0 Å². The molecule has 1 rings (SSSR count). The lowest BCUT2D eigenvalue weighted by Crippen LogP contribution is -2.47. The van der Waals surface area contributed by atoms with Crippen LogP contribution in [0.1, 0.15) is 290 Å². The van der Waals surface area contributed by atoms with Crippen LogP contribution in [0.3, 0.4) is 0 Å². The first kappa shape index (κ1) is 74.2. The van der Waals surface area contributed by atoms with E-state index in [-0.39, 0.29) is 67.6 Å². The molecular weight excluding hydrogens is 1020 g/mol. The van der Waals surface area contributed by atoms with Crippen LogP contribution in [0.2, 0.25) is 0 Å². The molecule has 7 N–H and O–H groups in total.